The third-order valence-corrected chi connectivity index (χ3v) is 1.80. The SMILES string of the molecule is CC(=O)NCC(=O)Nc1cnc(Br)cn1. The molecule has 0 aliphatic rings. The van der Waals surface area contributed by atoms with Gasteiger partial charge in [0.1, 0.15) is 4.60 Å². The van der Waals surface area contributed by atoms with Gasteiger partial charge in [0.05, 0.1) is 18.9 Å². The Balaban J connectivity index is 2.44. The molecular weight excluding hydrogens is 264 g/mol. The molecule has 0 unspecified atom stereocenters. The number of amides is 2. The molecule has 7 heteroatoms. The number of nitrogens with zero attached hydrogens (tertiary/aromatic N) is 2. The fraction of sp³-hybridized carbons (Fsp3) is 0.250. The highest BCUT2D eigenvalue weighted by Crippen LogP contribution is 2.05. The van der Waals surface area contributed by atoms with Crippen molar-refractivity contribution in [2.24, 2.45) is 0 Å². The molecule has 0 aromatic carbocycles. The summed E-state index contributed by atoms with van der Waals surface area (Å²) >= 11 is 3.12. The predicted molar refractivity (Wildman–Crippen MR) is 57.0 cm³/mol. The Bertz CT molecular complexity index is 365. The summed E-state index contributed by atoms with van der Waals surface area (Å²) in [6.45, 7) is 1.26. The molecular formula is C8H9BrN4O2. The van der Waals surface area contributed by atoms with Gasteiger partial charge >= 0.3 is 0 Å². The number of halogens is 1. The van der Waals surface area contributed by atoms with Gasteiger partial charge in [-0.1, -0.05) is 0 Å². The van der Waals surface area contributed by atoms with Gasteiger partial charge in [-0.3, -0.25) is 9.59 Å². The zero-order valence-corrected chi connectivity index (χ0v) is 9.54. The maximum Gasteiger partial charge on any atom is 0.244 e. The van der Waals surface area contributed by atoms with Crippen LogP contribution >= 0.6 is 15.9 Å². The number of hydrogen-bond acceptors (Lipinski definition) is 4. The monoisotopic (exact) mass is 272 g/mol. The van der Waals surface area contributed by atoms with Crippen molar-refractivity contribution in [2.45, 2.75) is 6.92 Å². The van der Waals surface area contributed by atoms with E-state index in [2.05, 4.69) is 36.5 Å². The first-order valence-corrected chi connectivity index (χ1v) is 4.89. The number of aromatic nitrogens is 2. The van der Waals surface area contributed by atoms with E-state index in [0.717, 1.165) is 0 Å². The summed E-state index contributed by atoms with van der Waals surface area (Å²) in [5.74, 6) is -0.262. The topological polar surface area (TPSA) is 84.0 Å². The summed E-state index contributed by atoms with van der Waals surface area (Å²) in [7, 11) is 0. The van der Waals surface area contributed by atoms with Gasteiger partial charge in [-0.05, 0) is 15.9 Å². The van der Waals surface area contributed by atoms with Crippen LogP contribution in [-0.2, 0) is 9.59 Å². The standard InChI is InChI=1S/C8H9BrN4O2/c1-5(14)10-4-8(15)13-7-3-11-6(9)2-12-7/h2-3H,4H2,1H3,(H,10,14)(H,12,13,15). The van der Waals surface area contributed by atoms with Crippen molar-refractivity contribution < 1.29 is 9.59 Å². The third-order valence-electron chi connectivity index (χ3n) is 1.39. The summed E-state index contributed by atoms with van der Waals surface area (Å²) in [5, 5.41) is 4.84. The van der Waals surface area contributed by atoms with Gasteiger partial charge < -0.3 is 10.6 Å². The van der Waals surface area contributed by atoms with Crippen LogP contribution in [0.3, 0.4) is 0 Å². The van der Waals surface area contributed by atoms with E-state index in [4.69, 9.17) is 0 Å². The number of anilines is 1. The van der Waals surface area contributed by atoms with E-state index in [9.17, 15) is 9.59 Å². The van der Waals surface area contributed by atoms with Gasteiger partial charge in [-0.25, -0.2) is 9.97 Å². The van der Waals surface area contributed by atoms with Gasteiger partial charge in [-0.15, -0.1) is 0 Å². The first kappa shape index (κ1) is 11.6. The first-order valence-electron chi connectivity index (χ1n) is 4.10. The number of carbonyl (C=O) groups excluding carboxylic acids is 2. The maximum atomic E-state index is 11.2. The van der Waals surface area contributed by atoms with Crippen LogP contribution in [0.15, 0.2) is 17.0 Å². The molecule has 1 heterocycles. The number of rotatable bonds is 3. The van der Waals surface area contributed by atoms with E-state index in [0.29, 0.717) is 10.4 Å². The van der Waals surface area contributed by atoms with Crippen LogP contribution < -0.4 is 10.6 Å². The van der Waals surface area contributed by atoms with Crippen LogP contribution in [0.1, 0.15) is 6.92 Å². The minimum atomic E-state index is -0.346. The molecule has 1 rings (SSSR count). The summed E-state index contributed by atoms with van der Waals surface area (Å²) in [6, 6.07) is 0. The molecule has 0 saturated carbocycles. The lowest BCUT2D eigenvalue weighted by atomic mass is 10.5. The maximum absolute atomic E-state index is 11.2. The quantitative estimate of drug-likeness (QED) is 0.830. The average molecular weight is 273 g/mol. The van der Waals surface area contributed by atoms with Gasteiger partial charge in [0.15, 0.2) is 5.82 Å². The van der Waals surface area contributed by atoms with Crippen molar-refractivity contribution in [1.82, 2.24) is 15.3 Å². The highest BCUT2D eigenvalue weighted by atomic mass is 79.9. The molecule has 0 aliphatic heterocycles. The molecule has 6 nitrogen and oxygen atoms in total. The predicted octanol–water partition coefficient (Wildman–Crippen LogP) is 0.314. The van der Waals surface area contributed by atoms with Gasteiger partial charge in [0.25, 0.3) is 0 Å². The summed E-state index contributed by atoms with van der Waals surface area (Å²) in [6.07, 6.45) is 2.88. The van der Waals surface area contributed by atoms with Crippen molar-refractivity contribution in [3.8, 4) is 0 Å². The van der Waals surface area contributed by atoms with E-state index in [1.54, 1.807) is 0 Å². The zero-order valence-electron chi connectivity index (χ0n) is 7.95. The van der Waals surface area contributed by atoms with Crippen molar-refractivity contribution >= 4 is 33.6 Å². The smallest absolute Gasteiger partial charge is 0.244 e. The van der Waals surface area contributed by atoms with E-state index in [1.165, 1.54) is 19.3 Å². The minimum Gasteiger partial charge on any atom is -0.347 e. The van der Waals surface area contributed by atoms with E-state index >= 15 is 0 Å². The molecule has 0 spiro atoms. The second-order valence-electron chi connectivity index (χ2n) is 2.68. The van der Waals surface area contributed by atoms with E-state index in [-0.39, 0.29) is 18.4 Å². The highest BCUT2D eigenvalue weighted by molar-refractivity contribution is 9.10. The minimum absolute atomic E-state index is 0.0763. The highest BCUT2D eigenvalue weighted by Gasteiger charge is 2.03. The molecule has 0 radical (unpaired) electrons. The lowest BCUT2D eigenvalue weighted by molar-refractivity contribution is -0.122. The molecule has 2 N–H and O–H groups in total. The molecule has 2 amide bonds. The zero-order chi connectivity index (χ0) is 11.3. The Morgan fingerprint density at radius 3 is 2.67 bits per heavy atom. The molecule has 1 aromatic heterocycles. The van der Waals surface area contributed by atoms with Crippen LogP contribution in [0, 0.1) is 0 Å². The normalized spacial score (nSPS) is 9.47. The number of hydrogen-bond donors (Lipinski definition) is 2. The van der Waals surface area contributed by atoms with Crippen LogP contribution in [0.2, 0.25) is 0 Å². The summed E-state index contributed by atoms with van der Waals surface area (Å²) in [5.41, 5.74) is 0. The largest absolute Gasteiger partial charge is 0.347 e. The molecule has 0 saturated heterocycles. The Hall–Kier alpha value is -1.50. The van der Waals surface area contributed by atoms with Gasteiger partial charge in [-0.2, -0.15) is 0 Å². The van der Waals surface area contributed by atoms with Gasteiger partial charge in [0, 0.05) is 6.92 Å². The molecule has 0 fully saturated rings. The summed E-state index contributed by atoms with van der Waals surface area (Å²) in [4.78, 5) is 29.5. The molecule has 0 bridgehead atoms. The second-order valence-corrected chi connectivity index (χ2v) is 3.49. The molecule has 1 aromatic rings. The number of carbonyl (C=O) groups is 2. The van der Waals surface area contributed by atoms with E-state index < -0.39 is 0 Å². The van der Waals surface area contributed by atoms with Crippen molar-refractivity contribution in [1.29, 1.82) is 0 Å². The van der Waals surface area contributed by atoms with Gasteiger partial charge in [0.2, 0.25) is 11.8 Å². The second kappa shape index (κ2) is 5.40. The molecule has 0 aliphatic carbocycles. The van der Waals surface area contributed by atoms with Crippen LogP contribution in [0.5, 0.6) is 0 Å². The van der Waals surface area contributed by atoms with Crippen LogP contribution in [-0.4, -0.2) is 28.3 Å². The number of nitrogens with one attached hydrogen (secondary N) is 2. The lowest BCUT2D eigenvalue weighted by Crippen LogP contribution is -2.31. The average Bonchev–Trinajstić information content (AvgIpc) is 2.19. The Morgan fingerprint density at radius 1 is 1.40 bits per heavy atom. The Morgan fingerprint density at radius 2 is 2.13 bits per heavy atom. The van der Waals surface area contributed by atoms with E-state index in [1.807, 2.05) is 0 Å². The lowest BCUT2D eigenvalue weighted by Gasteiger charge is -2.03. The molecule has 80 valence electrons. The first-order chi connectivity index (χ1) is 7.08. The van der Waals surface area contributed by atoms with Crippen LogP contribution in [0.4, 0.5) is 5.82 Å². The van der Waals surface area contributed by atoms with Crippen molar-refractivity contribution in [2.75, 3.05) is 11.9 Å². The third kappa shape index (κ3) is 4.50. The van der Waals surface area contributed by atoms with Crippen LogP contribution in [0.25, 0.3) is 0 Å². The fourth-order valence-electron chi connectivity index (χ4n) is 0.769. The summed E-state index contributed by atoms with van der Waals surface area (Å²) < 4.78 is 0.586. The fourth-order valence-corrected chi connectivity index (χ4v) is 0.973. The Labute approximate surface area is 94.6 Å². The molecule has 15 heavy (non-hydrogen) atoms. The van der Waals surface area contributed by atoms with Crippen molar-refractivity contribution in [3.63, 3.8) is 0 Å². The molecule has 0 atom stereocenters. The Kier molecular flexibility index (Phi) is 4.17. The van der Waals surface area contributed by atoms with Crippen molar-refractivity contribution in [3.05, 3.63) is 17.0 Å².